The van der Waals surface area contributed by atoms with Gasteiger partial charge in [-0.25, -0.2) is 9.18 Å². The number of ether oxygens (including phenoxy) is 2. The molecule has 2 aliphatic rings. The van der Waals surface area contributed by atoms with Gasteiger partial charge in [0.05, 0.1) is 23.8 Å². The molecule has 2 aliphatic heterocycles. The predicted molar refractivity (Wildman–Crippen MR) is 105 cm³/mol. The normalized spacial score (nSPS) is 25.1. The standard InChI is InChI=1S/C21H27FN4O3/c1-14-15(5-6-17(22)16(14)9-23)18-10-26-8-7-25(19(27)29-20(2,3)4)12-21(26,11-24)13-28-18/h5-6,11,18,24H,7-8,10,12-13H2,1-4H3/t18?,21-/m0/s1. The Morgan fingerprint density at radius 1 is 1.45 bits per heavy atom. The highest BCUT2D eigenvalue weighted by Crippen LogP contribution is 2.35. The van der Waals surface area contributed by atoms with E-state index < -0.39 is 23.1 Å². The Bertz CT molecular complexity index is 861. The van der Waals surface area contributed by atoms with Gasteiger partial charge in [0.25, 0.3) is 0 Å². The summed E-state index contributed by atoms with van der Waals surface area (Å²) in [7, 11) is 0. The van der Waals surface area contributed by atoms with Crippen molar-refractivity contribution in [3.8, 4) is 6.07 Å². The number of carbonyl (C=O) groups is 1. The Labute approximate surface area is 170 Å². The number of benzene rings is 1. The summed E-state index contributed by atoms with van der Waals surface area (Å²) < 4.78 is 25.4. The summed E-state index contributed by atoms with van der Waals surface area (Å²) in [6.45, 7) is 9.27. The number of piperazine rings is 1. The highest BCUT2D eigenvalue weighted by molar-refractivity contribution is 5.73. The molecule has 2 saturated heterocycles. The van der Waals surface area contributed by atoms with Gasteiger partial charge in [-0.1, -0.05) is 6.07 Å². The number of amides is 1. The summed E-state index contributed by atoms with van der Waals surface area (Å²) in [4.78, 5) is 16.2. The van der Waals surface area contributed by atoms with Gasteiger partial charge in [0, 0.05) is 32.4 Å². The molecule has 3 rings (SSSR count). The fraction of sp³-hybridized carbons (Fsp3) is 0.571. The highest BCUT2D eigenvalue weighted by Gasteiger charge is 2.47. The van der Waals surface area contributed by atoms with E-state index in [0.717, 1.165) is 5.56 Å². The van der Waals surface area contributed by atoms with Crippen LogP contribution >= 0.6 is 0 Å². The highest BCUT2D eigenvalue weighted by atomic mass is 19.1. The van der Waals surface area contributed by atoms with Gasteiger partial charge >= 0.3 is 6.09 Å². The summed E-state index contributed by atoms with van der Waals surface area (Å²) in [6, 6.07) is 4.87. The molecule has 0 aliphatic carbocycles. The van der Waals surface area contributed by atoms with Crippen LogP contribution in [0.1, 0.15) is 43.6 Å². The summed E-state index contributed by atoms with van der Waals surface area (Å²) in [5.41, 5.74) is 0.0734. The average molecular weight is 402 g/mol. The van der Waals surface area contributed by atoms with E-state index in [9.17, 15) is 14.4 Å². The number of morpholine rings is 1. The first-order chi connectivity index (χ1) is 13.6. The van der Waals surface area contributed by atoms with E-state index in [4.69, 9.17) is 14.9 Å². The van der Waals surface area contributed by atoms with Crippen LogP contribution in [-0.4, -0.2) is 66.0 Å². The molecule has 156 valence electrons. The number of rotatable bonds is 2. The van der Waals surface area contributed by atoms with Crippen LogP contribution in [0.4, 0.5) is 9.18 Å². The lowest BCUT2D eigenvalue weighted by molar-refractivity contribution is -0.112. The minimum Gasteiger partial charge on any atom is -0.444 e. The van der Waals surface area contributed by atoms with Crippen LogP contribution in [-0.2, 0) is 9.47 Å². The van der Waals surface area contributed by atoms with E-state index in [1.807, 2.05) is 26.8 Å². The second-order valence-corrected chi connectivity index (χ2v) is 8.64. The molecule has 2 heterocycles. The van der Waals surface area contributed by atoms with Gasteiger partial charge < -0.3 is 19.8 Å². The van der Waals surface area contributed by atoms with Crippen molar-refractivity contribution in [2.24, 2.45) is 0 Å². The number of halogens is 1. The zero-order valence-corrected chi connectivity index (χ0v) is 17.3. The van der Waals surface area contributed by atoms with Crippen LogP contribution in [0, 0.1) is 29.5 Å². The Morgan fingerprint density at radius 2 is 2.17 bits per heavy atom. The molecule has 1 unspecified atom stereocenters. The number of hydrogen-bond donors (Lipinski definition) is 1. The van der Waals surface area contributed by atoms with Crippen LogP contribution < -0.4 is 0 Å². The lowest BCUT2D eigenvalue weighted by Crippen LogP contribution is -2.69. The number of nitriles is 1. The van der Waals surface area contributed by atoms with E-state index in [-0.39, 0.29) is 18.3 Å². The van der Waals surface area contributed by atoms with Crippen molar-refractivity contribution >= 4 is 12.3 Å². The number of hydrogen-bond acceptors (Lipinski definition) is 6. The third-order valence-electron chi connectivity index (χ3n) is 5.49. The second kappa shape index (κ2) is 7.73. The Hall–Kier alpha value is -2.50. The summed E-state index contributed by atoms with van der Waals surface area (Å²) in [5, 5.41) is 17.2. The summed E-state index contributed by atoms with van der Waals surface area (Å²) >= 11 is 0. The molecule has 2 atom stereocenters. The molecule has 7 nitrogen and oxygen atoms in total. The van der Waals surface area contributed by atoms with Crippen molar-refractivity contribution in [3.05, 3.63) is 34.6 Å². The fourth-order valence-corrected chi connectivity index (χ4v) is 3.91. The Kier molecular flexibility index (Phi) is 5.65. The lowest BCUT2D eigenvalue weighted by Gasteiger charge is -2.52. The van der Waals surface area contributed by atoms with E-state index in [2.05, 4.69) is 4.90 Å². The van der Waals surface area contributed by atoms with Crippen molar-refractivity contribution in [1.82, 2.24) is 9.80 Å². The zero-order chi connectivity index (χ0) is 21.4. The number of carbonyl (C=O) groups excluding carboxylic acids is 1. The first-order valence-electron chi connectivity index (χ1n) is 9.65. The van der Waals surface area contributed by atoms with Gasteiger partial charge in [-0.15, -0.1) is 0 Å². The Balaban J connectivity index is 1.78. The molecule has 2 fully saturated rings. The van der Waals surface area contributed by atoms with Gasteiger partial charge in [-0.05, 0) is 44.9 Å². The molecule has 29 heavy (non-hydrogen) atoms. The molecule has 1 aromatic carbocycles. The van der Waals surface area contributed by atoms with Gasteiger partial charge in [-0.2, -0.15) is 5.26 Å². The van der Waals surface area contributed by atoms with Gasteiger partial charge in [0.2, 0.25) is 0 Å². The number of nitrogens with one attached hydrogen (secondary N) is 1. The van der Waals surface area contributed by atoms with Gasteiger partial charge in [0.15, 0.2) is 0 Å². The zero-order valence-electron chi connectivity index (χ0n) is 17.3. The molecule has 0 aromatic heterocycles. The second-order valence-electron chi connectivity index (χ2n) is 8.64. The molecular weight excluding hydrogens is 375 g/mol. The van der Waals surface area contributed by atoms with Gasteiger partial charge in [-0.3, -0.25) is 4.90 Å². The maximum Gasteiger partial charge on any atom is 0.410 e. The maximum atomic E-state index is 13.9. The predicted octanol–water partition coefficient (Wildman–Crippen LogP) is 3.02. The van der Waals surface area contributed by atoms with E-state index >= 15 is 0 Å². The fourth-order valence-electron chi connectivity index (χ4n) is 3.91. The van der Waals surface area contributed by atoms with Crippen molar-refractivity contribution in [2.45, 2.75) is 44.9 Å². The third-order valence-corrected chi connectivity index (χ3v) is 5.49. The van der Waals surface area contributed by atoms with Crippen LogP contribution in [0.25, 0.3) is 0 Å². The van der Waals surface area contributed by atoms with Crippen LogP contribution in [0.15, 0.2) is 12.1 Å². The molecule has 0 radical (unpaired) electrons. The Morgan fingerprint density at radius 3 is 2.79 bits per heavy atom. The molecule has 1 aromatic rings. The monoisotopic (exact) mass is 402 g/mol. The third kappa shape index (κ3) is 4.11. The van der Waals surface area contributed by atoms with Gasteiger partial charge in [0.1, 0.15) is 17.5 Å². The minimum absolute atomic E-state index is 0.0322. The molecule has 1 N–H and O–H groups in total. The molecule has 0 bridgehead atoms. The van der Waals surface area contributed by atoms with E-state index in [1.165, 1.54) is 12.3 Å². The van der Waals surface area contributed by atoms with E-state index in [0.29, 0.717) is 31.7 Å². The first-order valence-corrected chi connectivity index (χ1v) is 9.65. The summed E-state index contributed by atoms with van der Waals surface area (Å²) in [5.74, 6) is -0.538. The van der Waals surface area contributed by atoms with Crippen molar-refractivity contribution in [1.29, 1.82) is 10.7 Å². The molecule has 8 heteroatoms. The van der Waals surface area contributed by atoms with Crippen molar-refractivity contribution in [3.63, 3.8) is 0 Å². The lowest BCUT2D eigenvalue weighted by atomic mass is 9.90. The quantitative estimate of drug-likeness (QED) is 0.768. The molecular formula is C21H27FN4O3. The number of nitrogens with zero attached hydrogens (tertiary/aromatic N) is 3. The minimum atomic E-state index is -0.725. The number of fused-ring (bicyclic) bond motifs is 1. The smallest absolute Gasteiger partial charge is 0.410 e. The molecule has 0 saturated carbocycles. The average Bonchev–Trinajstić information content (AvgIpc) is 2.66. The van der Waals surface area contributed by atoms with Crippen LogP contribution in [0.2, 0.25) is 0 Å². The topological polar surface area (TPSA) is 89.7 Å². The van der Waals surface area contributed by atoms with Crippen molar-refractivity contribution in [2.75, 3.05) is 32.8 Å². The van der Waals surface area contributed by atoms with Crippen LogP contribution in [0.5, 0.6) is 0 Å². The maximum absolute atomic E-state index is 13.9. The molecule has 0 spiro atoms. The largest absolute Gasteiger partial charge is 0.444 e. The van der Waals surface area contributed by atoms with Crippen molar-refractivity contribution < 1.29 is 18.7 Å². The van der Waals surface area contributed by atoms with E-state index in [1.54, 1.807) is 17.9 Å². The SMILES string of the molecule is Cc1c(C2CN3CCN(C(=O)OC(C)(C)C)C[C@@]3(C=N)CO2)ccc(F)c1C#N. The molecule has 1 amide bonds. The van der Waals surface area contributed by atoms with Crippen LogP contribution in [0.3, 0.4) is 0 Å². The first kappa shape index (κ1) is 21.2. The summed E-state index contributed by atoms with van der Waals surface area (Å²) in [6.07, 6.45) is 0.607.